The van der Waals surface area contributed by atoms with Gasteiger partial charge < -0.3 is 0 Å². The summed E-state index contributed by atoms with van der Waals surface area (Å²) < 4.78 is 25.7. The third-order valence-electron chi connectivity index (χ3n) is 6.79. The number of rotatable bonds is 0. The average Bonchev–Trinajstić information content (AvgIpc) is 2.52. The Morgan fingerprint density at radius 2 is 0.947 bits per heavy atom. The summed E-state index contributed by atoms with van der Waals surface area (Å²) >= 11 is 0. The minimum Gasteiger partial charge on any atom is -0.228 e. The zero-order valence-corrected chi connectivity index (χ0v) is 13.5. The Labute approximate surface area is 118 Å². The molecule has 3 rings (SSSR count). The van der Waals surface area contributed by atoms with Crippen molar-refractivity contribution in [2.75, 3.05) is 0 Å². The molecule has 3 fully saturated rings. The molecule has 2 saturated carbocycles. The van der Waals surface area contributed by atoms with Gasteiger partial charge in [-0.05, 0) is 61.2 Å². The lowest BCUT2D eigenvalue weighted by molar-refractivity contribution is 0.121. The van der Waals surface area contributed by atoms with Crippen LogP contribution in [0, 0.1) is 35.5 Å². The van der Waals surface area contributed by atoms with Crippen LogP contribution >= 0.6 is 0 Å². The van der Waals surface area contributed by atoms with E-state index < -0.39 is 9.84 Å². The quantitative estimate of drug-likeness (QED) is 0.682. The highest BCUT2D eigenvalue weighted by atomic mass is 32.2. The molecule has 1 heterocycles. The summed E-state index contributed by atoms with van der Waals surface area (Å²) in [4.78, 5) is 0. The summed E-state index contributed by atoms with van der Waals surface area (Å²) in [5, 5.41) is -0.0163. The molecular formula is C16H28O2S. The first kappa shape index (κ1) is 13.9. The Kier molecular flexibility index (Phi) is 3.28. The van der Waals surface area contributed by atoms with E-state index in [0.717, 1.165) is 25.7 Å². The van der Waals surface area contributed by atoms with E-state index in [2.05, 4.69) is 27.7 Å². The zero-order chi connectivity index (χ0) is 13.9. The Bertz CT molecular complexity index is 419. The molecule has 3 heteroatoms. The molecule has 1 saturated heterocycles. The number of sulfone groups is 1. The SMILES string of the molecule is CC1CC2C3CC(C)C(C)CC3S(=O)(=O)C2CC1C. The van der Waals surface area contributed by atoms with Crippen molar-refractivity contribution in [3.8, 4) is 0 Å². The van der Waals surface area contributed by atoms with Crippen LogP contribution in [0.15, 0.2) is 0 Å². The van der Waals surface area contributed by atoms with Crippen molar-refractivity contribution in [3.63, 3.8) is 0 Å². The fourth-order valence-electron chi connectivity index (χ4n) is 5.05. The second-order valence-electron chi connectivity index (χ2n) is 7.85. The molecule has 110 valence electrons. The molecule has 1 aliphatic heterocycles. The van der Waals surface area contributed by atoms with Crippen molar-refractivity contribution in [3.05, 3.63) is 0 Å². The summed E-state index contributed by atoms with van der Waals surface area (Å²) in [5.41, 5.74) is 0. The van der Waals surface area contributed by atoms with Crippen LogP contribution in [0.3, 0.4) is 0 Å². The highest BCUT2D eigenvalue weighted by molar-refractivity contribution is 7.93. The van der Waals surface area contributed by atoms with Crippen LogP contribution in [-0.4, -0.2) is 18.9 Å². The second kappa shape index (κ2) is 4.47. The zero-order valence-electron chi connectivity index (χ0n) is 12.7. The summed E-state index contributed by atoms with van der Waals surface area (Å²) in [6.45, 7) is 9.11. The Balaban J connectivity index is 1.94. The van der Waals surface area contributed by atoms with Crippen molar-refractivity contribution < 1.29 is 8.42 Å². The van der Waals surface area contributed by atoms with E-state index in [9.17, 15) is 8.42 Å². The van der Waals surface area contributed by atoms with Crippen LogP contribution in [0.25, 0.3) is 0 Å². The molecule has 0 aromatic heterocycles. The van der Waals surface area contributed by atoms with Crippen LogP contribution in [0.2, 0.25) is 0 Å². The Hall–Kier alpha value is -0.0500. The predicted octanol–water partition coefficient (Wildman–Crippen LogP) is 3.52. The van der Waals surface area contributed by atoms with Gasteiger partial charge in [-0.1, -0.05) is 27.7 Å². The van der Waals surface area contributed by atoms with E-state index in [1.165, 1.54) is 0 Å². The van der Waals surface area contributed by atoms with E-state index in [0.29, 0.717) is 35.5 Å². The Morgan fingerprint density at radius 1 is 0.632 bits per heavy atom. The van der Waals surface area contributed by atoms with Gasteiger partial charge in [0.25, 0.3) is 0 Å². The van der Waals surface area contributed by atoms with Crippen LogP contribution in [0.1, 0.15) is 53.4 Å². The first-order valence-electron chi connectivity index (χ1n) is 8.05. The molecule has 0 radical (unpaired) electrons. The number of hydrogen-bond acceptors (Lipinski definition) is 2. The molecule has 0 bridgehead atoms. The third-order valence-corrected chi connectivity index (χ3v) is 9.56. The lowest BCUT2D eigenvalue weighted by Gasteiger charge is -2.39. The first-order chi connectivity index (χ1) is 8.82. The molecule has 2 aliphatic carbocycles. The van der Waals surface area contributed by atoms with Crippen LogP contribution in [0.4, 0.5) is 0 Å². The smallest absolute Gasteiger partial charge is 0.156 e. The van der Waals surface area contributed by atoms with Gasteiger partial charge in [0.2, 0.25) is 0 Å². The van der Waals surface area contributed by atoms with Crippen LogP contribution in [-0.2, 0) is 9.84 Å². The fraction of sp³-hybridized carbons (Fsp3) is 1.00. The van der Waals surface area contributed by atoms with Gasteiger partial charge in [-0.2, -0.15) is 0 Å². The normalized spacial score (nSPS) is 56.4. The molecule has 3 aliphatic rings. The van der Waals surface area contributed by atoms with E-state index in [1.54, 1.807) is 0 Å². The number of fused-ring (bicyclic) bond motifs is 3. The molecule has 0 N–H and O–H groups in total. The van der Waals surface area contributed by atoms with Crippen LogP contribution in [0.5, 0.6) is 0 Å². The highest BCUT2D eigenvalue weighted by Gasteiger charge is 2.58. The fourth-order valence-corrected chi connectivity index (χ4v) is 8.25. The lowest BCUT2D eigenvalue weighted by Crippen LogP contribution is -2.36. The van der Waals surface area contributed by atoms with Gasteiger partial charge in [0.05, 0.1) is 10.5 Å². The van der Waals surface area contributed by atoms with Gasteiger partial charge in [0.1, 0.15) is 0 Å². The van der Waals surface area contributed by atoms with Crippen molar-refractivity contribution in [1.29, 1.82) is 0 Å². The molecule has 0 amide bonds. The number of hydrogen-bond donors (Lipinski definition) is 0. The van der Waals surface area contributed by atoms with Crippen molar-refractivity contribution >= 4 is 9.84 Å². The average molecular weight is 284 g/mol. The summed E-state index contributed by atoms with van der Waals surface area (Å²) in [6, 6.07) is 0. The monoisotopic (exact) mass is 284 g/mol. The molecule has 8 unspecified atom stereocenters. The molecule has 8 atom stereocenters. The largest absolute Gasteiger partial charge is 0.228 e. The van der Waals surface area contributed by atoms with Gasteiger partial charge in [0.15, 0.2) is 9.84 Å². The second-order valence-corrected chi connectivity index (χ2v) is 10.2. The maximum Gasteiger partial charge on any atom is 0.156 e. The van der Waals surface area contributed by atoms with Gasteiger partial charge in [-0.15, -0.1) is 0 Å². The van der Waals surface area contributed by atoms with E-state index in [4.69, 9.17) is 0 Å². The molecule has 0 aromatic rings. The van der Waals surface area contributed by atoms with E-state index >= 15 is 0 Å². The predicted molar refractivity (Wildman–Crippen MR) is 78.6 cm³/mol. The lowest BCUT2D eigenvalue weighted by atomic mass is 9.64. The van der Waals surface area contributed by atoms with Crippen LogP contribution < -0.4 is 0 Å². The van der Waals surface area contributed by atoms with Gasteiger partial charge in [-0.3, -0.25) is 0 Å². The maximum atomic E-state index is 12.9. The maximum absolute atomic E-state index is 12.9. The summed E-state index contributed by atoms with van der Waals surface area (Å²) in [5.74, 6) is 3.49. The summed E-state index contributed by atoms with van der Waals surface area (Å²) in [7, 11) is -2.86. The molecule has 19 heavy (non-hydrogen) atoms. The highest BCUT2D eigenvalue weighted by Crippen LogP contribution is 2.55. The van der Waals surface area contributed by atoms with E-state index in [-0.39, 0.29) is 10.5 Å². The molecule has 2 nitrogen and oxygen atoms in total. The van der Waals surface area contributed by atoms with E-state index in [1.807, 2.05) is 0 Å². The topological polar surface area (TPSA) is 34.1 Å². The third kappa shape index (κ3) is 1.99. The molecule has 0 spiro atoms. The molecule has 0 aromatic carbocycles. The minimum atomic E-state index is -2.86. The van der Waals surface area contributed by atoms with Gasteiger partial charge in [-0.25, -0.2) is 8.42 Å². The minimum absolute atomic E-state index is 0.00815. The van der Waals surface area contributed by atoms with Crippen molar-refractivity contribution in [2.45, 2.75) is 63.9 Å². The standard InChI is InChI=1S/C16H28O2S/c1-9-5-13-14-6-10(2)12(4)8-16(14)19(17,18)15(13)7-11(9)3/h9-16H,5-8H2,1-4H3. The summed E-state index contributed by atoms with van der Waals surface area (Å²) in [6.07, 6.45) is 4.13. The first-order valence-corrected chi connectivity index (χ1v) is 9.66. The molecular weight excluding hydrogens is 256 g/mol. The van der Waals surface area contributed by atoms with Gasteiger partial charge >= 0.3 is 0 Å². The Morgan fingerprint density at radius 3 is 1.32 bits per heavy atom. The van der Waals surface area contributed by atoms with Crippen molar-refractivity contribution in [1.82, 2.24) is 0 Å². The van der Waals surface area contributed by atoms with Gasteiger partial charge in [0, 0.05) is 0 Å². The van der Waals surface area contributed by atoms with Crippen molar-refractivity contribution in [2.24, 2.45) is 35.5 Å².